The number of halogens is 2. The lowest BCUT2D eigenvalue weighted by Gasteiger charge is -2.23. The van der Waals surface area contributed by atoms with Crippen LogP contribution in [0.2, 0.25) is 5.02 Å². The van der Waals surface area contributed by atoms with Crippen molar-refractivity contribution in [1.82, 2.24) is 5.32 Å². The molecule has 114 valence electrons. The van der Waals surface area contributed by atoms with Crippen LogP contribution in [0.15, 0.2) is 16.6 Å². The molecule has 1 spiro atoms. The Balaban J connectivity index is 1.74. The van der Waals surface area contributed by atoms with Gasteiger partial charge < -0.3 is 15.4 Å². The molecule has 4 nitrogen and oxygen atoms in total. The van der Waals surface area contributed by atoms with Crippen LogP contribution in [-0.2, 0) is 4.79 Å². The van der Waals surface area contributed by atoms with Crippen molar-refractivity contribution < 1.29 is 9.53 Å². The van der Waals surface area contributed by atoms with Gasteiger partial charge >= 0.3 is 0 Å². The van der Waals surface area contributed by atoms with Gasteiger partial charge in [0.15, 0.2) is 5.75 Å². The first-order chi connectivity index (χ1) is 10.1. The zero-order valence-electron chi connectivity index (χ0n) is 11.8. The fourth-order valence-electron chi connectivity index (χ4n) is 3.28. The first-order valence-corrected chi connectivity index (χ1v) is 8.27. The minimum Gasteiger partial charge on any atom is -0.493 e. The summed E-state index contributed by atoms with van der Waals surface area (Å²) in [6, 6.07) is 3.47. The monoisotopic (exact) mass is 372 g/mol. The van der Waals surface area contributed by atoms with E-state index in [4.69, 9.17) is 16.3 Å². The molecule has 6 heteroatoms. The number of nitrogens with one attached hydrogen (secondary N) is 2. The molecule has 2 aliphatic rings. The number of rotatable bonds is 3. The van der Waals surface area contributed by atoms with Crippen LogP contribution in [-0.4, -0.2) is 26.1 Å². The predicted molar refractivity (Wildman–Crippen MR) is 87.0 cm³/mol. The topological polar surface area (TPSA) is 50.4 Å². The van der Waals surface area contributed by atoms with Crippen LogP contribution >= 0.6 is 27.5 Å². The van der Waals surface area contributed by atoms with Gasteiger partial charge in [0.25, 0.3) is 0 Å². The number of benzene rings is 1. The first-order valence-electron chi connectivity index (χ1n) is 7.10. The summed E-state index contributed by atoms with van der Waals surface area (Å²) in [6.07, 6.45) is 3.16. The molecule has 3 rings (SSSR count). The number of anilines is 1. The van der Waals surface area contributed by atoms with Crippen LogP contribution in [0.5, 0.6) is 5.75 Å². The van der Waals surface area contributed by atoms with Crippen molar-refractivity contribution in [3.8, 4) is 5.75 Å². The molecule has 1 heterocycles. The highest BCUT2D eigenvalue weighted by Crippen LogP contribution is 2.59. The summed E-state index contributed by atoms with van der Waals surface area (Å²) < 4.78 is 6.08. The van der Waals surface area contributed by atoms with Gasteiger partial charge in [-0.1, -0.05) is 11.6 Å². The van der Waals surface area contributed by atoms with E-state index in [1.165, 1.54) is 0 Å². The van der Waals surface area contributed by atoms with E-state index in [1.807, 2.05) is 0 Å². The second kappa shape index (κ2) is 5.78. The number of ether oxygens (including phenoxy) is 1. The molecule has 1 aliphatic carbocycles. The van der Waals surface area contributed by atoms with Crippen molar-refractivity contribution in [3.05, 3.63) is 21.6 Å². The largest absolute Gasteiger partial charge is 0.493 e. The molecule has 1 aromatic rings. The molecular weight excluding hydrogens is 356 g/mol. The molecule has 0 bridgehead atoms. The molecule has 2 N–H and O–H groups in total. The van der Waals surface area contributed by atoms with Gasteiger partial charge in [0, 0.05) is 10.9 Å². The highest BCUT2D eigenvalue weighted by molar-refractivity contribution is 9.10. The maximum Gasteiger partial charge on any atom is 0.228 e. The van der Waals surface area contributed by atoms with Gasteiger partial charge in [0.2, 0.25) is 5.91 Å². The Hall–Kier alpha value is -0.780. The lowest BCUT2D eigenvalue weighted by atomic mass is 9.92. The fourth-order valence-corrected chi connectivity index (χ4v) is 4.25. The minimum atomic E-state index is 0.0735. The maximum absolute atomic E-state index is 12.5. The Labute approximate surface area is 137 Å². The van der Waals surface area contributed by atoms with E-state index >= 15 is 0 Å². The number of hydrogen-bond acceptors (Lipinski definition) is 3. The smallest absolute Gasteiger partial charge is 0.228 e. The van der Waals surface area contributed by atoms with Crippen LogP contribution in [0, 0.1) is 11.3 Å². The van der Waals surface area contributed by atoms with Crippen LogP contribution in [0.4, 0.5) is 5.69 Å². The highest BCUT2D eigenvalue weighted by Gasteiger charge is 2.57. The average molecular weight is 374 g/mol. The average Bonchev–Trinajstić information content (AvgIpc) is 3.13. The number of methoxy groups -OCH3 is 1. The number of carbonyl (C=O) groups is 1. The van der Waals surface area contributed by atoms with Crippen LogP contribution in [0.3, 0.4) is 0 Å². The highest BCUT2D eigenvalue weighted by atomic mass is 79.9. The van der Waals surface area contributed by atoms with E-state index in [1.54, 1.807) is 19.2 Å². The Kier molecular flexibility index (Phi) is 4.17. The SMILES string of the molecule is COc1c(Br)cc(Cl)cc1NC(=O)C1CC12CCNCC2. The van der Waals surface area contributed by atoms with Gasteiger partial charge in [-0.2, -0.15) is 0 Å². The minimum absolute atomic E-state index is 0.0735. The second-order valence-electron chi connectivity index (χ2n) is 5.83. The Morgan fingerprint density at radius 3 is 2.86 bits per heavy atom. The second-order valence-corrected chi connectivity index (χ2v) is 7.12. The summed E-state index contributed by atoms with van der Waals surface area (Å²) in [7, 11) is 1.58. The van der Waals surface area contributed by atoms with Crippen molar-refractivity contribution >= 4 is 39.1 Å². The summed E-state index contributed by atoms with van der Waals surface area (Å²) in [5, 5.41) is 6.89. The molecule has 21 heavy (non-hydrogen) atoms. The summed E-state index contributed by atoms with van der Waals surface area (Å²) in [6.45, 7) is 2.02. The van der Waals surface area contributed by atoms with Gasteiger partial charge in [-0.25, -0.2) is 0 Å². The van der Waals surface area contributed by atoms with E-state index in [2.05, 4.69) is 26.6 Å². The number of amides is 1. The van der Waals surface area contributed by atoms with Crippen molar-refractivity contribution in [3.63, 3.8) is 0 Å². The molecule has 1 unspecified atom stereocenters. The lowest BCUT2D eigenvalue weighted by molar-refractivity contribution is -0.118. The molecule has 1 atom stereocenters. The standard InChI is InChI=1S/C15H18BrClN2O2/c1-21-13-11(16)6-9(17)7-12(13)19-14(20)10-8-15(10)2-4-18-5-3-15/h6-7,10,18H,2-5,8H2,1H3,(H,19,20). The molecule has 2 fully saturated rings. The number of piperidine rings is 1. The van der Waals surface area contributed by atoms with Gasteiger partial charge in [-0.3, -0.25) is 4.79 Å². The third-order valence-electron chi connectivity index (χ3n) is 4.58. The fraction of sp³-hybridized carbons (Fsp3) is 0.533. The molecule has 1 saturated heterocycles. The van der Waals surface area contributed by atoms with E-state index < -0.39 is 0 Å². The van der Waals surface area contributed by atoms with Crippen molar-refractivity contribution in [1.29, 1.82) is 0 Å². The molecule has 1 saturated carbocycles. The van der Waals surface area contributed by atoms with E-state index in [-0.39, 0.29) is 17.2 Å². The number of hydrogen-bond donors (Lipinski definition) is 2. The Bertz CT molecular complexity index is 573. The summed E-state index contributed by atoms with van der Waals surface area (Å²) in [5.74, 6) is 0.791. The van der Waals surface area contributed by atoms with Crippen LogP contribution in [0.25, 0.3) is 0 Å². The van der Waals surface area contributed by atoms with Gasteiger partial charge in [-0.15, -0.1) is 0 Å². The van der Waals surface area contributed by atoms with Crippen molar-refractivity contribution in [2.24, 2.45) is 11.3 Å². The summed E-state index contributed by atoms with van der Waals surface area (Å²) in [4.78, 5) is 12.5. The zero-order valence-corrected chi connectivity index (χ0v) is 14.2. The van der Waals surface area contributed by atoms with E-state index in [9.17, 15) is 4.79 Å². The molecule has 1 aliphatic heterocycles. The molecular formula is C15H18BrClN2O2. The van der Waals surface area contributed by atoms with Gasteiger partial charge in [0.05, 0.1) is 17.3 Å². The van der Waals surface area contributed by atoms with E-state index in [0.29, 0.717) is 16.5 Å². The van der Waals surface area contributed by atoms with Crippen LogP contribution < -0.4 is 15.4 Å². The Morgan fingerprint density at radius 1 is 1.48 bits per heavy atom. The predicted octanol–water partition coefficient (Wildman–Crippen LogP) is 3.44. The lowest BCUT2D eigenvalue weighted by Crippen LogP contribution is -2.31. The number of carbonyl (C=O) groups excluding carboxylic acids is 1. The third kappa shape index (κ3) is 2.91. The summed E-state index contributed by atoms with van der Waals surface area (Å²) in [5.41, 5.74) is 0.844. The Morgan fingerprint density at radius 2 is 2.19 bits per heavy atom. The van der Waals surface area contributed by atoms with Gasteiger partial charge in [-0.05, 0) is 65.8 Å². The third-order valence-corrected chi connectivity index (χ3v) is 5.38. The van der Waals surface area contributed by atoms with Crippen molar-refractivity contribution in [2.75, 3.05) is 25.5 Å². The quantitative estimate of drug-likeness (QED) is 0.853. The van der Waals surface area contributed by atoms with Crippen molar-refractivity contribution in [2.45, 2.75) is 19.3 Å². The zero-order chi connectivity index (χ0) is 15.0. The first kappa shape index (κ1) is 15.1. The molecule has 1 aromatic carbocycles. The van der Waals surface area contributed by atoms with Gasteiger partial charge in [0.1, 0.15) is 0 Å². The van der Waals surface area contributed by atoms with E-state index in [0.717, 1.165) is 36.8 Å². The molecule has 0 radical (unpaired) electrons. The summed E-state index contributed by atoms with van der Waals surface area (Å²) >= 11 is 9.46. The molecule has 0 aromatic heterocycles. The normalized spacial score (nSPS) is 22.9. The van der Waals surface area contributed by atoms with Crippen LogP contribution in [0.1, 0.15) is 19.3 Å². The molecule has 1 amide bonds. The maximum atomic E-state index is 12.5.